The van der Waals surface area contributed by atoms with E-state index in [1.807, 2.05) is 0 Å². The molecule has 12 heavy (non-hydrogen) atoms. The van der Waals surface area contributed by atoms with Crippen LogP contribution in [0.2, 0.25) is 0 Å². The SMILES string of the molecule is CC(=O)Cc1ccc([N+](=O)[O-])s1. The minimum absolute atomic E-state index is 0.0201. The molecule has 0 amide bonds. The molecule has 4 nitrogen and oxygen atoms in total. The largest absolute Gasteiger partial charge is 0.324 e. The van der Waals surface area contributed by atoms with Gasteiger partial charge in [0.05, 0.1) is 4.92 Å². The summed E-state index contributed by atoms with van der Waals surface area (Å²) >= 11 is 1.05. The second kappa shape index (κ2) is 3.44. The third-order valence-electron chi connectivity index (χ3n) is 1.25. The number of rotatable bonds is 3. The van der Waals surface area contributed by atoms with Gasteiger partial charge >= 0.3 is 5.00 Å². The third kappa shape index (κ3) is 2.13. The molecule has 1 heterocycles. The Kier molecular flexibility index (Phi) is 2.54. The Morgan fingerprint density at radius 3 is 2.75 bits per heavy atom. The molecular formula is C7H7NO3S. The van der Waals surface area contributed by atoms with E-state index in [-0.39, 0.29) is 10.8 Å². The van der Waals surface area contributed by atoms with Crippen molar-refractivity contribution in [2.75, 3.05) is 0 Å². The monoisotopic (exact) mass is 185 g/mol. The molecule has 0 N–H and O–H groups in total. The molecule has 0 saturated heterocycles. The fourth-order valence-electron chi connectivity index (χ4n) is 0.805. The summed E-state index contributed by atoms with van der Waals surface area (Å²) in [4.78, 5) is 21.2. The second-order valence-corrected chi connectivity index (χ2v) is 3.52. The molecule has 0 saturated carbocycles. The molecule has 0 fully saturated rings. The van der Waals surface area contributed by atoms with Gasteiger partial charge in [-0.15, -0.1) is 0 Å². The van der Waals surface area contributed by atoms with Crippen molar-refractivity contribution < 1.29 is 9.72 Å². The lowest BCUT2D eigenvalue weighted by molar-refractivity contribution is -0.380. The van der Waals surface area contributed by atoms with Crippen LogP contribution in [0.15, 0.2) is 12.1 Å². The molecule has 0 aromatic carbocycles. The highest BCUT2D eigenvalue weighted by atomic mass is 32.1. The summed E-state index contributed by atoms with van der Waals surface area (Å²) in [6.07, 6.45) is 0.290. The van der Waals surface area contributed by atoms with Crippen LogP contribution in [0.4, 0.5) is 5.00 Å². The summed E-state index contributed by atoms with van der Waals surface area (Å²) in [5, 5.41) is 10.3. The lowest BCUT2D eigenvalue weighted by atomic mass is 10.3. The van der Waals surface area contributed by atoms with Crippen LogP contribution >= 0.6 is 11.3 Å². The van der Waals surface area contributed by atoms with Crippen LogP contribution in [-0.2, 0) is 11.2 Å². The second-order valence-electron chi connectivity index (χ2n) is 2.38. The molecule has 1 aromatic heterocycles. The predicted molar refractivity (Wildman–Crippen MR) is 45.4 cm³/mol. The Morgan fingerprint density at radius 1 is 1.67 bits per heavy atom. The van der Waals surface area contributed by atoms with Gasteiger partial charge in [-0.2, -0.15) is 0 Å². The van der Waals surface area contributed by atoms with Crippen LogP contribution in [0.1, 0.15) is 11.8 Å². The summed E-state index contributed by atoms with van der Waals surface area (Å²) in [5.41, 5.74) is 0. The zero-order valence-electron chi connectivity index (χ0n) is 6.44. The molecular weight excluding hydrogens is 178 g/mol. The summed E-state index contributed by atoms with van der Waals surface area (Å²) in [6.45, 7) is 1.46. The highest BCUT2D eigenvalue weighted by Crippen LogP contribution is 2.24. The van der Waals surface area contributed by atoms with Gasteiger partial charge in [0.2, 0.25) is 0 Å². The third-order valence-corrected chi connectivity index (χ3v) is 2.29. The first-order valence-corrected chi connectivity index (χ1v) is 4.14. The van der Waals surface area contributed by atoms with Crippen LogP contribution in [-0.4, -0.2) is 10.7 Å². The van der Waals surface area contributed by atoms with Crippen molar-refractivity contribution >= 4 is 22.1 Å². The van der Waals surface area contributed by atoms with Crippen LogP contribution in [0.25, 0.3) is 0 Å². The molecule has 0 bridgehead atoms. The summed E-state index contributed by atoms with van der Waals surface area (Å²) in [5.74, 6) is 0.0201. The maximum atomic E-state index is 10.6. The first-order valence-electron chi connectivity index (χ1n) is 3.32. The highest BCUT2D eigenvalue weighted by Gasteiger charge is 2.10. The number of thiophene rings is 1. The zero-order valence-corrected chi connectivity index (χ0v) is 7.26. The molecule has 1 aromatic rings. The molecule has 0 aliphatic heterocycles. The van der Waals surface area contributed by atoms with Gasteiger partial charge in [-0.3, -0.25) is 14.9 Å². The van der Waals surface area contributed by atoms with Gasteiger partial charge in [0.1, 0.15) is 5.78 Å². The van der Waals surface area contributed by atoms with E-state index in [1.165, 1.54) is 13.0 Å². The Bertz CT molecular complexity index is 318. The predicted octanol–water partition coefficient (Wildman–Crippen LogP) is 1.79. The maximum Gasteiger partial charge on any atom is 0.324 e. The van der Waals surface area contributed by atoms with E-state index in [2.05, 4.69) is 0 Å². The van der Waals surface area contributed by atoms with Crippen molar-refractivity contribution in [2.45, 2.75) is 13.3 Å². The lowest BCUT2D eigenvalue weighted by Crippen LogP contribution is -1.92. The van der Waals surface area contributed by atoms with Crippen molar-refractivity contribution in [2.24, 2.45) is 0 Å². The first-order chi connectivity index (χ1) is 5.59. The Morgan fingerprint density at radius 2 is 2.33 bits per heavy atom. The van der Waals surface area contributed by atoms with Gasteiger partial charge in [0.15, 0.2) is 0 Å². The molecule has 1 rings (SSSR count). The zero-order chi connectivity index (χ0) is 9.14. The number of hydrogen-bond donors (Lipinski definition) is 0. The average Bonchev–Trinajstić information content (AvgIpc) is 2.34. The topological polar surface area (TPSA) is 60.2 Å². The van der Waals surface area contributed by atoms with Crippen LogP contribution in [0.3, 0.4) is 0 Å². The molecule has 64 valence electrons. The number of Topliss-reactive ketones (excluding diaryl/α,β-unsaturated/α-hetero) is 1. The van der Waals surface area contributed by atoms with Crippen LogP contribution in [0, 0.1) is 10.1 Å². The van der Waals surface area contributed by atoms with E-state index in [0.717, 1.165) is 16.2 Å². The van der Waals surface area contributed by atoms with Gasteiger partial charge in [-0.1, -0.05) is 11.3 Å². The smallest absolute Gasteiger partial charge is 0.300 e. The maximum absolute atomic E-state index is 10.6. The normalized spacial score (nSPS) is 9.75. The van der Waals surface area contributed by atoms with Gasteiger partial charge in [0, 0.05) is 17.4 Å². The number of nitro groups is 1. The van der Waals surface area contributed by atoms with Crippen molar-refractivity contribution in [1.29, 1.82) is 0 Å². The molecule has 0 spiro atoms. The molecule has 0 radical (unpaired) electrons. The standard InChI is InChI=1S/C7H7NO3S/c1-5(9)4-6-2-3-7(12-6)8(10)11/h2-3H,4H2,1H3. The number of nitrogens with zero attached hydrogens (tertiary/aromatic N) is 1. The van der Waals surface area contributed by atoms with Gasteiger partial charge in [-0.25, -0.2) is 0 Å². The van der Waals surface area contributed by atoms with E-state index in [9.17, 15) is 14.9 Å². The highest BCUT2D eigenvalue weighted by molar-refractivity contribution is 7.15. The van der Waals surface area contributed by atoms with Crippen molar-refractivity contribution in [1.82, 2.24) is 0 Å². The number of ketones is 1. The van der Waals surface area contributed by atoms with Gasteiger partial charge in [0.25, 0.3) is 0 Å². The number of carbonyl (C=O) groups excluding carboxylic acids is 1. The van der Waals surface area contributed by atoms with Gasteiger partial charge < -0.3 is 0 Å². The number of carbonyl (C=O) groups is 1. The summed E-state index contributed by atoms with van der Waals surface area (Å²) < 4.78 is 0. The van der Waals surface area contributed by atoms with E-state index in [4.69, 9.17) is 0 Å². The van der Waals surface area contributed by atoms with E-state index in [1.54, 1.807) is 6.07 Å². The van der Waals surface area contributed by atoms with Crippen molar-refractivity contribution in [3.8, 4) is 0 Å². The van der Waals surface area contributed by atoms with E-state index < -0.39 is 4.92 Å². The lowest BCUT2D eigenvalue weighted by Gasteiger charge is -1.86. The fourth-order valence-corrected chi connectivity index (χ4v) is 1.70. The Labute approximate surface area is 73.0 Å². The molecule has 0 unspecified atom stereocenters. The fraction of sp³-hybridized carbons (Fsp3) is 0.286. The average molecular weight is 185 g/mol. The van der Waals surface area contributed by atoms with E-state index in [0.29, 0.717) is 6.42 Å². The first kappa shape index (κ1) is 8.86. The minimum Gasteiger partial charge on any atom is -0.300 e. The Balaban J connectivity index is 2.77. The molecule has 0 aliphatic rings. The molecule has 0 atom stereocenters. The summed E-state index contributed by atoms with van der Waals surface area (Å²) in [7, 11) is 0. The molecule has 0 aliphatic carbocycles. The minimum atomic E-state index is -0.450. The van der Waals surface area contributed by atoms with Crippen LogP contribution in [0.5, 0.6) is 0 Å². The summed E-state index contributed by atoms with van der Waals surface area (Å²) in [6, 6.07) is 3.03. The van der Waals surface area contributed by atoms with Gasteiger partial charge in [-0.05, 0) is 13.0 Å². The van der Waals surface area contributed by atoms with Crippen molar-refractivity contribution in [3.05, 3.63) is 27.1 Å². The van der Waals surface area contributed by atoms with Crippen molar-refractivity contribution in [3.63, 3.8) is 0 Å². The van der Waals surface area contributed by atoms with E-state index >= 15 is 0 Å². The quantitative estimate of drug-likeness (QED) is 0.532. The number of hydrogen-bond acceptors (Lipinski definition) is 4. The Hall–Kier alpha value is -1.23. The molecule has 5 heteroatoms. The van der Waals surface area contributed by atoms with Crippen LogP contribution < -0.4 is 0 Å².